The molecular weight excluding hydrogens is 100 g/mol. The van der Waals surface area contributed by atoms with E-state index < -0.39 is 0 Å². The summed E-state index contributed by atoms with van der Waals surface area (Å²) in [6, 6.07) is 0. The number of aliphatic hydroxyl groups excluding tert-OH is 1. The second-order valence-electron chi connectivity index (χ2n) is 2.45. The fraction of sp³-hybridized carbons (Fsp3) is 0.714. The Morgan fingerprint density at radius 1 is 1.75 bits per heavy atom. The summed E-state index contributed by atoms with van der Waals surface area (Å²) in [6.07, 6.45) is 0.941. The lowest BCUT2D eigenvalue weighted by Gasteiger charge is -2.04. The van der Waals surface area contributed by atoms with Gasteiger partial charge in [0.25, 0.3) is 0 Å². The van der Waals surface area contributed by atoms with E-state index in [0.29, 0.717) is 5.92 Å². The monoisotopic (exact) mass is 114 g/mol. The first kappa shape index (κ1) is 7.70. The smallest absolute Gasteiger partial charge is 0.0459 e. The maximum Gasteiger partial charge on any atom is 0.0459 e. The Bertz CT molecular complexity index is 76.5. The second kappa shape index (κ2) is 3.67. The fourth-order valence-corrected chi connectivity index (χ4v) is 0.659. The Balaban J connectivity index is 3.24. The minimum absolute atomic E-state index is 0.271. The van der Waals surface area contributed by atoms with Gasteiger partial charge in [0, 0.05) is 6.61 Å². The van der Waals surface area contributed by atoms with E-state index in [1.54, 1.807) is 0 Å². The van der Waals surface area contributed by atoms with Gasteiger partial charge in [0.15, 0.2) is 0 Å². The molecule has 0 aromatic rings. The third kappa shape index (κ3) is 3.88. The Morgan fingerprint density at radius 3 is 2.38 bits per heavy atom. The lowest BCUT2D eigenvalue weighted by atomic mass is 10.1. The van der Waals surface area contributed by atoms with E-state index in [4.69, 9.17) is 5.11 Å². The molecule has 0 heterocycles. The lowest BCUT2D eigenvalue weighted by Crippen LogP contribution is -1.99. The number of hydrogen-bond donors (Lipinski definition) is 1. The Morgan fingerprint density at radius 2 is 2.25 bits per heavy atom. The van der Waals surface area contributed by atoms with Crippen LogP contribution in [0.15, 0.2) is 12.2 Å². The fourth-order valence-electron chi connectivity index (χ4n) is 0.659. The van der Waals surface area contributed by atoms with E-state index in [1.807, 2.05) is 13.8 Å². The van der Waals surface area contributed by atoms with Gasteiger partial charge in [-0.15, -0.1) is 6.58 Å². The van der Waals surface area contributed by atoms with Crippen molar-refractivity contribution in [2.45, 2.75) is 20.3 Å². The Kier molecular flexibility index (Phi) is 3.53. The molecule has 0 radical (unpaired) electrons. The summed E-state index contributed by atoms with van der Waals surface area (Å²) < 4.78 is 0. The van der Waals surface area contributed by atoms with Gasteiger partial charge in [0.2, 0.25) is 0 Å². The number of aliphatic hydroxyl groups is 1. The Labute approximate surface area is 51.0 Å². The molecule has 0 aromatic heterocycles. The molecule has 0 unspecified atom stereocenters. The van der Waals surface area contributed by atoms with E-state index in [9.17, 15) is 0 Å². The van der Waals surface area contributed by atoms with Crippen molar-refractivity contribution in [2.24, 2.45) is 5.92 Å². The highest BCUT2D eigenvalue weighted by Crippen LogP contribution is 2.06. The highest BCUT2D eigenvalue weighted by atomic mass is 16.3. The summed E-state index contributed by atoms with van der Waals surface area (Å²) >= 11 is 0. The molecule has 8 heavy (non-hydrogen) atoms. The SMILES string of the molecule is C=C(C)C[C@@H](C)CO. The molecule has 1 atom stereocenters. The van der Waals surface area contributed by atoms with Gasteiger partial charge < -0.3 is 5.11 Å². The number of allylic oxidation sites excluding steroid dienone is 1. The van der Waals surface area contributed by atoms with Crippen molar-refractivity contribution in [1.82, 2.24) is 0 Å². The van der Waals surface area contributed by atoms with Crippen LogP contribution < -0.4 is 0 Å². The zero-order valence-electron chi connectivity index (χ0n) is 5.65. The zero-order chi connectivity index (χ0) is 6.57. The topological polar surface area (TPSA) is 20.2 Å². The third-order valence-corrected chi connectivity index (χ3v) is 1.01. The van der Waals surface area contributed by atoms with Crippen molar-refractivity contribution in [2.75, 3.05) is 6.61 Å². The van der Waals surface area contributed by atoms with Crippen LogP contribution in [0.2, 0.25) is 0 Å². The van der Waals surface area contributed by atoms with Crippen LogP contribution in [0, 0.1) is 5.92 Å². The molecule has 0 aliphatic rings. The van der Waals surface area contributed by atoms with Gasteiger partial charge in [-0.1, -0.05) is 12.5 Å². The molecule has 1 nitrogen and oxygen atoms in total. The van der Waals surface area contributed by atoms with Crippen molar-refractivity contribution in [1.29, 1.82) is 0 Å². The van der Waals surface area contributed by atoms with Gasteiger partial charge in [-0.25, -0.2) is 0 Å². The summed E-state index contributed by atoms with van der Waals surface area (Å²) in [5.41, 5.74) is 1.14. The van der Waals surface area contributed by atoms with Gasteiger partial charge in [0.1, 0.15) is 0 Å². The molecule has 1 heteroatoms. The number of hydrogen-bond acceptors (Lipinski definition) is 1. The van der Waals surface area contributed by atoms with Gasteiger partial charge in [-0.3, -0.25) is 0 Å². The lowest BCUT2D eigenvalue weighted by molar-refractivity contribution is 0.237. The van der Waals surface area contributed by atoms with Crippen LogP contribution in [0.3, 0.4) is 0 Å². The normalized spacial score (nSPS) is 13.4. The zero-order valence-corrected chi connectivity index (χ0v) is 5.65. The van der Waals surface area contributed by atoms with E-state index in [-0.39, 0.29) is 6.61 Å². The predicted molar refractivity (Wildman–Crippen MR) is 35.7 cm³/mol. The van der Waals surface area contributed by atoms with E-state index in [2.05, 4.69) is 6.58 Å². The molecule has 0 spiro atoms. The first-order valence-corrected chi connectivity index (χ1v) is 2.92. The van der Waals surface area contributed by atoms with Gasteiger partial charge in [-0.05, 0) is 19.3 Å². The Hall–Kier alpha value is -0.300. The van der Waals surface area contributed by atoms with Crippen molar-refractivity contribution < 1.29 is 5.11 Å². The van der Waals surface area contributed by atoms with E-state index >= 15 is 0 Å². The highest BCUT2D eigenvalue weighted by molar-refractivity contribution is 4.89. The average Bonchev–Trinajstić information content (AvgIpc) is 1.65. The summed E-state index contributed by atoms with van der Waals surface area (Å²) in [4.78, 5) is 0. The molecule has 0 aromatic carbocycles. The van der Waals surface area contributed by atoms with Crippen molar-refractivity contribution in [3.8, 4) is 0 Å². The van der Waals surface area contributed by atoms with Crippen LogP contribution >= 0.6 is 0 Å². The first-order valence-electron chi connectivity index (χ1n) is 2.92. The van der Waals surface area contributed by atoms with Crippen LogP contribution in [-0.4, -0.2) is 11.7 Å². The largest absolute Gasteiger partial charge is 0.396 e. The predicted octanol–water partition coefficient (Wildman–Crippen LogP) is 1.58. The summed E-state index contributed by atoms with van der Waals surface area (Å²) in [7, 11) is 0. The van der Waals surface area contributed by atoms with Crippen molar-refractivity contribution >= 4 is 0 Å². The molecule has 0 amide bonds. The maximum atomic E-state index is 8.54. The molecule has 1 N–H and O–H groups in total. The molecule has 0 saturated heterocycles. The van der Waals surface area contributed by atoms with Gasteiger partial charge in [0.05, 0.1) is 0 Å². The molecular formula is C7H14O. The summed E-state index contributed by atoms with van der Waals surface area (Å²) in [5.74, 6) is 0.382. The van der Waals surface area contributed by atoms with Crippen LogP contribution in [0.5, 0.6) is 0 Å². The third-order valence-electron chi connectivity index (χ3n) is 1.01. The molecule has 48 valence electrons. The quantitative estimate of drug-likeness (QED) is 0.552. The van der Waals surface area contributed by atoms with Crippen molar-refractivity contribution in [3.05, 3.63) is 12.2 Å². The average molecular weight is 114 g/mol. The molecule has 0 aliphatic heterocycles. The van der Waals surface area contributed by atoms with Crippen LogP contribution in [0.25, 0.3) is 0 Å². The summed E-state index contributed by atoms with van der Waals surface area (Å²) in [6.45, 7) is 7.99. The summed E-state index contributed by atoms with van der Waals surface area (Å²) in [5, 5.41) is 8.54. The second-order valence-corrected chi connectivity index (χ2v) is 2.45. The molecule has 0 rings (SSSR count). The van der Waals surface area contributed by atoms with Crippen molar-refractivity contribution in [3.63, 3.8) is 0 Å². The number of rotatable bonds is 3. The molecule has 0 bridgehead atoms. The van der Waals surface area contributed by atoms with Crippen LogP contribution in [-0.2, 0) is 0 Å². The van der Waals surface area contributed by atoms with Gasteiger partial charge >= 0.3 is 0 Å². The van der Waals surface area contributed by atoms with E-state index in [0.717, 1.165) is 12.0 Å². The first-order chi connectivity index (χ1) is 3.66. The standard InChI is InChI=1S/C7H14O/c1-6(2)4-7(3)5-8/h7-8H,1,4-5H2,2-3H3/t7-/m1/s1. The minimum Gasteiger partial charge on any atom is -0.396 e. The van der Waals surface area contributed by atoms with Gasteiger partial charge in [-0.2, -0.15) is 0 Å². The molecule has 0 saturated carbocycles. The van der Waals surface area contributed by atoms with Crippen LogP contribution in [0.1, 0.15) is 20.3 Å². The molecule has 0 aliphatic carbocycles. The minimum atomic E-state index is 0.271. The highest BCUT2D eigenvalue weighted by Gasteiger charge is 1.97. The maximum absolute atomic E-state index is 8.54. The van der Waals surface area contributed by atoms with E-state index in [1.165, 1.54) is 0 Å². The van der Waals surface area contributed by atoms with Crippen LogP contribution in [0.4, 0.5) is 0 Å². The molecule has 0 fully saturated rings.